The van der Waals surface area contributed by atoms with Gasteiger partial charge in [-0.1, -0.05) is 0 Å². The average Bonchev–Trinajstić information content (AvgIpc) is 3.16. The number of nitrogens with one attached hydrogen (secondary N) is 1. The van der Waals surface area contributed by atoms with Crippen LogP contribution in [0.25, 0.3) is 21.9 Å². The first-order chi connectivity index (χ1) is 12.6. The molecule has 0 spiro atoms. The molecule has 6 heteroatoms. The lowest BCUT2D eigenvalue weighted by Crippen LogP contribution is -2.01. The van der Waals surface area contributed by atoms with E-state index in [0.29, 0.717) is 12.4 Å². The van der Waals surface area contributed by atoms with Crippen LogP contribution < -0.4 is 5.32 Å². The standard InChI is InChI=1S/C20H21FN4O/c1-3-25-18-7-5-15(9-17(18)23-20(25)12-26)22-10-13-11-24(2)19-8-14(21)4-6-16(13)19/h4-9,11,22,26H,3,10,12H2,1-2H3. The van der Waals surface area contributed by atoms with Crippen molar-refractivity contribution in [3.63, 3.8) is 0 Å². The molecule has 0 saturated heterocycles. The maximum absolute atomic E-state index is 13.5. The van der Waals surface area contributed by atoms with Crippen LogP contribution >= 0.6 is 0 Å². The maximum atomic E-state index is 13.5. The lowest BCUT2D eigenvalue weighted by molar-refractivity contribution is 0.266. The lowest BCUT2D eigenvalue weighted by Gasteiger charge is -2.07. The van der Waals surface area contributed by atoms with E-state index >= 15 is 0 Å². The summed E-state index contributed by atoms with van der Waals surface area (Å²) in [5.41, 5.74) is 4.83. The van der Waals surface area contributed by atoms with Gasteiger partial charge in [-0.3, -0.25) is 0 Å². The number of hydrogen-bond donors (Lipinski definition) is 2. The van der Waals surface area contributed by atoms with Crippen LogP contribution in [-0.2, 0) is 26.7 Å². The topological polar surface area (TPSA) is 55.0 Å². The van der Waals surface area contributed by atoms with Gasteiger partial charge in [-0.05, 0) is 48.9 Å². The highest BCUT2D eigenvalue weighted by atomic mass is 19.1. The third kappa shape index (κ3) is 2.72. The van der Waals surface area contributed by atoms with Gasteiger partial charge < -0.3 is 19.6 Å². The summed E-state index contributed by atoms with van der Waals surface area (Å²) in [5, 5.41) is 13.9. The first-order valence-corrected chi connectivity index (χ1v) is 8.68. The minimum Gasteiger partial charge on any atom is -0.388 e. The molecule has 0 amide bonds. The molecule has 0 aliphatic rings. The van der Waals surface area contributed by atoms with Crippen LogP contribution in [0.15, 0.2) is 42.6 Å². The van der Waals surface area contributed by atoms with Gasteiger partial charge in [-0.25, -0.2) is 9.37 Å². The van der Waals surface area contributed by atoms with Gasteiger partial charge in [0.2, 0.25) is 0 Å². The maximum Gasteiger partial charge on any atom is 0.135 e. The van der Waals surface area contributed by atoms with Crippen LogP contribution in [0.1, 0.15) is 18.3 Å². The van der Waals surface area contributed by atoms with Crippen molar-refractivity contribution in [3.05, 3.63) is 59.8 Å². The summed E-state index contributed by atoms with van der Waals surface area (Å²) in [6.45, 7) is 3.37. The second-order valence-electron chi connectivity index (χ2n) is 6.41. The molecule has 4 rings (SSSR count). The Kier molecular flexibility index (Phi) is 4.12. The Hall–Kier alpha value is -2.86. The summed E-state index contributed by atoms with van der Waals surface area (Å²) in [5.74, 6) is 0.450. The Morgan fingerprint density at radius 2 is 2.00 bits per heavy atom. The molecule has 0 radical (unpaired) electrons. The molecule has 0 fully saturated rings. The molecule has 0 unspecified atom stereocenters. The third-order valence-electron chi connectivity index (χ3n) is 4.80. The summed E-state index contributed by atoms with van der Waals surface area (Å²) >= 11 is 0. The van der Waals surface area contributed by atoms with Crippen molar-refractivity contribution in [2.24, 2.45) is 7.05 Å². The smallest absolute Gasteiger partial charge is 0.135 e. The van der Waals surface area contributed by atoms with Crippen molar-refractivity contribution in [2.75, 3.05) is 5.32 Å². The molecule has 0 aliphatic carbocycles. The van der Waals surface area contributed by atoms with Gasteiger partial charge in [-0.15, -0.1) is 0 Å². The van der Waals surface area contributed by atoms with Crippen LogP contribution in [0, 0.1) is 5.82 Å². The monoisotopic (exact) mass is 352 g/mol. The number of rotatable bonds is 5. The van der Waals surface area contributed by atoms with Crippen molar-refractivity contribution in [1.82, 2.24) is 14.1 Å². The van der Waals surface area contributed by atoms with Gasteiger partial charge in [0.1, 0.15) is 18.2 Å². The van der Waals surface area contributed by atoms with Crippen molar-refractivity contribution in [1.29, 1.82) is 0 Å². The number of benzene rings is 2. The van der Waals surface area contributed by atoms with Gasteiger partial charge in [0, 0.05) is 37.4 Å². The number of imidazole rings is 1. The van der Waals surface area contributed by atoms with Crippen molar-refractivity contribution < 1.29 is 9.50 Å². The molecule has 5 nitrogen and oxygen atoms in total. The number of hydrogen-bond acceptors (Lipinski definition) is 3. The summed E-state index contributed by atoms with van der Waals surface area (Å²) < 4.78 is 17.4. The van der Waals surface area contributed by atoms with Crippen LogP contribution in [0.2, 0.25) is 0 Å². The van der Waals surface area contributed by atoms with E-state index in [1.165, 1.54) is 6.07 Å². The van der Waals surface area contributed by atoms with E-state index < -0.39 is 0 Å². The molecule has 2 heterocycles. The fraction of sp³-hybridized carbons (Fsp3) is 0.250. The Bertz CT molecular complexity index is 1100. The van der Waals surface area contributed by atoms with E-state index in [2.05, 4.69) is 10.3 Å². The number of aliphatic hydroxyl groups is 1. The number of fused-ring (bicyclic) bond motifs is 2. The average molecular weight is 352 g/mol. The minimum absolute atomic E-state index is 0.0716. The van der Waals surface area contributed by atoms with E-state index in [1.54, 1.807) is 6.07 Å². The zero-order valence-electron chi connectivity index (χ0n) is 14.8. The van der Waals surface area contributed by atoms with Crippen molar-refractivity contribution >= 4 is 27.6 Å². The Labute approximate surface area is 150 Å². The molecule has 0 bridgehead atoms. The predicted octanol–water partition coefficient (Wildman–Crippen LogP) is 3.79. The van der Waals surface area contributed by atoms with Crippen LogP contribution in [0.3, 0.4) is 0 Å². The van der Waals surface area contributed by atoms with E-state index in [4.69, 9.17) is 0 Å². The highest BCUT2D eigenvalue weighted by molar-refractivity contribution is 5.84. The van der Waals surface area contributed by atoms with Gasteiger partial charge in [0.05, 0.1) is 16.6 Å². The second-order valence-corrected chi connectivity index (χ2v) is 6.41. The van der Waals surface area contributed by atoms with Crippen molar-refractivity contribution in [2.45, 2.75) is 26.6 Å². The SMILES string of the molecule is CCn1c(CO)nc2cc(NCc3cn(C)c4cc(F)ccc34)ccc21. The fourth-order valence-electron chi connectivity index (χ4n) is 3.54. The molecule has 4 aromatic rings. The largest absolute Gasteiger partial charge is 0.388 e. The molecule has 0 atom stereocenters. The van der Waals surface area contributed by atoms with Gasteiger partial charge in [0.25, 0.3) is 0 Å². The van der Waals surface area contributed by atoms with Crippen LogP contribution in [0.5, 0.6) is 0 Å². The number of halogens is 1. The minimum atomic E-state index is -0.227. The summed E-state index contributed by atoms with van der Waals surface area (Å²) in [4.78, 5) is 4.51. The summed E-state index contributed by atoms with van der Waals surface area (Å²) in [6, 6.07) is 10.9. The number of aliphatic hydroxyl groups excluding tert-OH is 1. The van der Waals surface area contributed by atoms with Crippen LogP contribution in [0.4, 0.5) is 10.1 Å². The van der Waals surface area contributed by atoms with Gasteiger partial charge in [-0.2, -0.15) is 0 Å². The summed E-state index contributed by atoms with van der Waals surface area (Å²) in [6.07, 6.45) is 2.02. The second kappa shape index (κ2) is 6.46. The fourth-order valence-corrected chi connectivity index (χ4v) is 3.54. The van der Waals surface area contributed by atoms with E-state index in [1.807, 2.05) is 53.6 Å². The van der Waals surface area contributed by atoms with Crippen molar-refractivity contribution in [3.8, 4) is 0 Å². The quantitative estimate of drug-likeness (QED) is 0.575. The molecule has 2 N–H and O–H groups in total. The van der Waals surface area contributed by atoms with Gasteiger partial charge >= 0.3 is 0 Å². The first kappa shape index (κ1) is 16.6. The molecule has 2 aromatic heterocycles. The van der Waals surface area contributed by atoms with E-state index in [0.717, 1.165) is 39.7 Å². The number of aromatic nitrogens is 3. The molecule has 2 aromatic carbocycles. The normalized spacial score (nSPS) is 11.5. The molecule has 0 aliphatic heterocycles. The Balaban J connectivity index is 1.62. The molecular weight excluding hydrogens is 331 g/mol. The Morgan fingerprint density at radius 3 is 2.77 bits per heavy atom. The zero-order valence-corrected chi connectivity index (χ0v) is 14.8. The third-order valence-corrected chi connectivity index (χ3v) is 4.80. The molecule has 0 saturated carbocycles. The highest BCUT2D eigenvalue weighted by Gasteiger charge is 2.10. The lowest BCUT2D eigenvalue weighted by atomic mass is 10.1. The number of aryl methyl sites for hydroxylation is 2. The zero-order chi connectivity index (χ0) is 18.3. The van der Waals surface area contributed by atoms with E-state index in [9.17, 15) is 9.50 Å². The molecule has 134 valence electrons. The van der Waals surface area contributed by atoms with E-state index in [-0.39, 0.29) is 12.4 Å². The number of anilines is 1. The Morgan fingerprint density at radius 1 is 1.15 bits per heavy atom. The highest BCUT2D eigenvalue weighted by Crippen LogP contribution is 2.24. The van der Waals surface area contributed by atoms with Gasteiger partial charge in [0.15, 0.2) is 0 Å². The predicted molar refractivity (Wildman–Crippen MR) is 102 cm³/mol. The molecule has 26 heavy (non-hydrogen) atoms. The molecular formula is C20H21FN4O. The summed E-state index contributed by atoms with van der Waals surface area (Å²) in [7, 11) is 1.92. The van der Waals surface area contributed by atoms with Crippen LogP contribution in [-0.4, -0.2) is 19.2 Å². The number of nitrogens with zero attached hydrogens (tertiary/aromatic N) is 3. The first-order valence-electron chi connectivity index (χ1n) is 8.68.